The second kappa shape index (κ2) is 9.34. The molecule has 0 heterocycles. The number of carbonyl (C=O) groups excluding carboxylic acids is 1. The zero-order chi connectivity index (χ0) is 25.7. The number of allylic oxidation sites excluding steroid dienone is 1. The smallest absolute Gasteiger partial charge is 0.155 e. The largest absolute Gasteiger partial charge is 0.383 e. The van der Waals surface area contributed by atoms with Gasteiger partial charge in [0.15, 0.2) is 5.78 Å². The number of hydrogen-bond acceptors (Lipinski definition) is 4. The van der Waals surface area contributed by atoms with Gasteiger partial charge in [-0.05, 0) is 98.3 Å². The molecule has 1 aromatic carbocycles. The van der Waals surface area contributed by atoms with Crippen LogP contribution in [0.4, 0.5) is 5.69 Å². The molecule has 194 valence electrons. The number of anilines is 1. The molecule has 0 aliphatic heterocycles. The van der Waals surface area contributed by atoms with E-state index in [2.05, 4.69) is 61.9 Å². The Morgan fingerprint density at radius 1 is 1.14 bits per heavy atom. The van der Waals surface area contributed by atoms with Gasteiger partial charge in [0, 0.05) is 38.2 Å². The lowest BCUT2D eigenvalue weighted by Crippen LogP contribution is -2.57. The van der Waals surface area contributed by atoms with E-state index >= 15 is 0 Å². The fourth-order valence-corrected chi connectivity index (χ4v) is 8.82. The molecule has 5 rings (SSSR count). The Hall–Kier alpha value is -2.09. The van der Waals surface area contributed by atoms with Crippen molar-refractivity contribution in [1.29, 1.82) is 0 Å². The van der Waals surface area contributed by atoms with Crippen molar-refractivity contribution in [2.75, 3.05) is 32.2 Å². The van der Waals surface area contributed by atoms with E-state index in [-0.39, 0.29) is 10.8 Å². The van der Waals surface area contributed by atoms with Gasteiger partial charge in [-0.25, -0.2) is 0 Å². The molecule has 0 radical (unpaired) electrons. The van der Waals surface area contributed by atoms with Crippen molar-refractivity contribution in [3.05, 3.63) is 41.5 Å². The molecule has 0 saturated heterocycles. The van der Waals surface area contributed by atoms with Gasteiger partial charge in [-0.15, -0.1) is 5.92 Å². The highest BCUT2D eigenvalue weighted by Gasteiger charge is 2.66. The first kappa shape index (κ1) is 25.6. The number of fused-ring (bicyclic) bond motifs is 5. The van der Waals surface area contributed by atoms with Crippen molar-refractivity contribution in [2.45, 2.75) is 77.2 Å². The van der Waals surface area contributed by atoms with Crippen molar-refractivity contribution in [3.63, 3.8) is 0 Å². The lowest BCUT2D eigenvalue weighted by Gasteiger charge is -2.61. The number of rotatable bonds is 5. The highest BCUT2D eigenvalue weighted by Crippen LogP contribution is 2.70. The number of likely N-dealkylation sites (N-methyl/N-ethyl adjacent to an activating group) is 1. The molecule has 1 aromatic rings. The second-order valence-electron chi connectivity index (χ2n) is 12.4. The molecule has 0 aromatic heterocycles. The van der Waals surface area contributed by atoms with Gasteiger partial charge in [0.2, 0.25) is 0 Å². The van der Waals surface area contributed by atoms with Crippen molar-refractivity contribution >= 4 is 11.5 Å². The maximum atomic E-state index is 12.4. The van der Waals surface area contributed by atoms with E-state index in [1.165, 1.54) is 16.8 Å². The van der Waals surface area contributed by atoms with Gasteiger partial charge in [-0.3, -0.25) is 4.79 Å². The Labute approximate surface area is 217 Å². The van der Waals surface area contributed by atoms with Crippen LogP contribution in [0, 0.1) is 40.4 Å². The van der Waals surface area contributed by atoms with Crippen molar-refractivity contribution in [3.8, 4) is 11.8 Å². The first-order chi connectivity index (χ1) is 17.2. The molecular formula is C32H43NO3. The van der Waals surface area contributed by atoms with Crippen molar-refractivity contribution in [1.82, 2.24) is 0 Å². The van der Waals surface area contributed by atoms with Crippen LogP contribution in [0.5, 0.6) is 0 Å². The minimum atomic E-state index is -0.921. The zero-order valence-electron chi connectivity index (χ0n) is 22.8. The number of methoxy groups -OCH3 is 1. The minimum Gasteiger partial charge on any atom is -0.383 e. The van der Waals surface area contributed by atoms with Crippen LogP contribution in [0.1, 0.15) is 77.2 Å². The lowest BCUT2D eigenvalue weighted by molar-refractivity contribution is -0.122. The zero-order valence-corrected chi connectivity index (χ0v) is 22.8. The SMILES string of the molecule is CC#C[C@]1(O)CC[C@H]2[C@@H]3CCC4=CC(=O)CC[C@]4(C)C3C(c3ccc(N(C)CCOC)cc3)C[C@@]21C. The lowest BCUT2D eigenvalue weighted by atomic mass is 9.43. The summed E-state index contributed by atoms with van der Waals surface area (Å²) in [5, 5.41) is 11.9. The van der Waals surface area contributed by atoms with Crippen LogP contribution >= 0.6 is 0 Å². The quantitative estimate of drug-likeness (QED) is 0.535. The molecule has 1 N–H and O–H groups in total. The standard InChI is InChI=1S/C32H43NO3/c1-6-15-32(35)17-14-28-26-12-9-23-20-25(34)13-16-30(23,2)29(26)27(21-31(28,32)3)22-7-10-24(11-8-22)33(4)18-19-36-5/h7-8,10-11,20,26-29,35H,9,12-14,16-19,21H2,1-5H3/t26-,27?,28-,29?,30-,31-,32-/m0/s1. The molecule has 4 aliphatic carbocycles. The van der Waals surface area contributed by atoms with Crippen LogP contribution in [-0.4, -0.2) is 43.8 Å². The topological polar surface area (TPSA) is 49.8 Å². The van der Waals surface area contributed by atoms with Crippen LogP contribution in [0.25, 0.3) is 0 Å². The maximum Gasteiger partial charge on any atom is 0.155 e. The highest BCUT2D eigenvalue weighted by atomic mass is 16.5. The van der Waals surface area contributed by atoms with E-state index in [4.69, 9.17) is 4.74 Å². The van der Waals surface area contributed by atoms with E-state index in [9.17, 15) is 9.90 Å². The summed E-state index contributed by atoms with van der Waals surface area (Å²) in [4.78, 5) is 14.6. The molecule has 7 atom stereocenters. The molecule has 0 bridgehead atoms. The van der Waals surface area contributed by atoms with E-state index in [1.54, 1.807) is 7.11 Å². The van der Waals surface area contributed by atoms with Crippen LogP contribution < -0.4 is 4.90 Å². The summed E-state index contributed by atoms with van der Waals surface area (Å²) < 4.78 is 5.27. The van der Waals surface area contributed by atoms with Crippen LogP contribution in [0.3, 0.4) is 0 Å². The van der Waals surface area contributed by atoms with Gasteiger partial charge in [0.05, 0.1) is 6.61 Å². The molecule has 0 amide bonds. The van der Waals surface area contributed by atoms with E-state index < -0.39 is 5.60 Å². The Morgan fingerprint density at radius 2 is 1.89 bits per heavy atom. The minimum absolute atomic E-state index is 0.0495. The van der Waals surface area contributed by atoms with Gasteiger partial charge < -0.3 is 14.7 Å². The number of ether oxygens (including phenoxy) is 1. The maximum absolute atomic E-state index is 12.4. The van der Waals surface area contributed by atoms with Crippen LogP contribution in [0.2, 0.25) is 0 Å². The highest BCUT2D eigenvalue weighted by molar-refractivity contribution is 5.91. The second-order valence-corrected chi connectivity index (χ2v) is 12.4. The van der Waals surface area contributed by atoms with Gasteiger partial charge >= 0.3 is 0 Å². The molecule has 3 saturated carbocycles. The molecular weight excluding hydrogens is 446 g/mol. The first-order valence-electron chi connectivity index (χ1n) is 13.9. The molecule has 0 spiro atoms. The summed E-state index contributed by atoms with van der Waals surface area (Å²) in [6.07, 6.45) is 8.50. The van der Waals surface area contributed by atoms with E-state index in [0.29, 0.717) is 42.5 Å². The molecule has 2 unspecified atom stereocenters. The number of benzene rings is 1. The van der Waals surface area contributed by atoms with E-state index in [1.807, 2.05) is 13.0 Å². The van der Waals surface area contributed by atoms with Gasteiger partial charge in [-0.1, -0.05) is 37.5 Å². The monoisotopic (exact) mass is 489 g/mol. The Bertz CT molecular complexity index is 1100. The fourth-order valence-electron chi connectivity index (χ4n) is 8.82. The average Bonchev–Trinajstić information content (AvgIpc) is 3.12. The predicted molar refractivity (Wildman–Crippen MR) is 145 cm³/mol. The van der Waals surface area contributed by atoms with Gasteiger partial charge in [-0.2, -0.15) is 0 Å². The number of ketones is 1. The first-order valence-corrected chi connectivity index (χ1v) is 13.9. The third-order valence-electron chi connectivity index (χ3n) is 10.8. The third kappa shape index (κ3) is 3.86. The number of aliphatic hydroxyl groups is 1. The van der Waals surface area contributed by atoms with E-state index in [0.717, 1.165) is 45.1 Å². The van der Waals surface area contributed by atoms with Gasteiger partial charge in [0.1, 0.15) is 5.60 Å². The summed E-state index contributed by atoms with van der Waals surface area (Å²) in [7, 11) is 3.85. The average molecular weight is 490 g/mol. The van der Waals surface area contributed by atoms with Crippen LogP contribution in [-0.2, 0) is 9.53 Å². The summed E-state index contributed by atoms with van der Waals surface area (Å²) >= 11 is 0. The molecule has 36 heavy (non-hydrogen) atoms. The summed E-state index contributed by atoms with van der Waals surface area (Å²) in [5.41, 5.74) is 2.85. The van der Waals surface area contributed by atoms with Crippen LogP contribution in [0.15, 0.2) is 35.9 Å². The molecule has 3 fully saturated rings. The van der Waals surface area contributed by atoms with Gasteiger partial charge in [0.25, 0.3) is 0 Å². The summed E-state index contributed by atoms with van der Waals surface area (Å²) in [5.74, 6) is 8.47. The number of hydrogen-bond donors (Lipinski definition) is 1. The van der Waals surface area contributed by atoms with Crippen molar-refractivity contribution in [2.24, 2.45) is 28.6 Å². The Balaban J connectivity index is 1.57. The summed E-state index contributed by atoms with van der Waals surface area (Å²) in [6, 6.07) is 9.12. The Morgan fingerprint density at radius 3 is 2.58 bits per heavy atom. The number of nitrogens with zero attached hydrogens (tertiary/aromatic N) is 1. The molecule has 4 nitrogen and oxygen atoms in total. The van der Waals surface area contributed by atoms with Crippen molar-refractivity contribution < 1.29 is 14.6 Å². The Kier molecular flexibility index (Phi) is 6.63. The normalized spacial score (nSPS) is 39.3. The fraction of sp³-hybridized carbons (Fsp3) is 0.656. The predicted octanol–water partition coefficient (Wildman–Crippen LogP) is 5.75. The summed E-state index contributed by atoms with van der Waals surface area (Å²) in [6.45, 7) is 8.18. The third-order valence-corrected chi connectivity index (χ3v) is 10.8. The molecule has 4 heteroatoms. The molecule has 4 aliphatic rings. The number of carbonyl (C=O) groups is 1.